The number of ether oxygens (including phenoxy) is 1. The molecular weight excluding hydrogens is 458 g/mol. The van der Waals surface area contributed by atoms with E-state index in [-0.39, 0.29) is 17.9 Å². The fraction of sp³-hybridized carbons (Fsp3) is 0.531. The predicted octanol–water partition coefficient (Wildman–Crippen LogP) is 5.23. The third-order valence-electron chi connectivity index (χ3n) is 10.1. The highest BCUT2D eigenvalue weighted by Gasteiger charge is 2.75. The largest absolute Gasteiger partial charge is 0.381 e. The number of anilines is 1. The van der Waals surface area contributed by atoms with Crippen LogP contribution in [0, 0.1) is 11.3 Å². The number of likely N-dealkylation sites (tertiary alicyclic amines) is 1. The van der Waals surface area contributed by atoms with Gasteiger partial charge in [0.1, 0.15) is 0 Å². The Kier molecular flexibility index (Phi) is 5.89. The number of benzene rings is 2. The SMILES string of the molecule is CC1=CCc2ccccc2N1C1CC2N(CC[C@H](NC(=O)C3CCOCC3)c3ccccc3)C3CC23C1. The molecule has 5 atom stereocenters. The lowest BCUT2D eigenvalue weighted by Crippen LogP contribution is -2.54. The molecule has 5 heteroatoms. The third-order valence-corrected chi connectivity index (χ3v) is 10.1. The number of fused-ring (bicyclic) bond motifs is 1. The Bertz CT molecular complexity index is 1190. The zero-order valence-electron chi connectivity index (χ0n) is 21.9. The third kappa shape index (κ3) is 4.02. The first-order chi connectivity index (χ1) is 18.1. The van der Waals surface area contributed by atoms with Crippen LogP contribution < -0.4 is 10.2 Å². The summed E-state index contributed by atoms with van der Waals surface area (Å²) in [5.74, 6) is 0.285. The van der Waals surface area contributed by atoms with Crippen molar-refractivity contribution in [3.63, 3.8) is 0 Å². The van der Waals surface area contributed by atoms with E-state index in [4.69, 9.17) is 4.74 Å². The molecule has 2 saturated carbocycles. The molecule has 3 aliphatic heterocycles. The van der Waals surface area contributed by atoms with Crippen molar-refractivity contribution in [3.05, 3.63) is 77.5 Å². The molecular formula is C32H39N3O2. The van der Waals surface area contributed by atoms with Gasteiger partial charge in [-0.2, -0.15) is 0 Å². The van der Waals surface area contributed by atoms with Gasteiger partial charge >= 0.3 is 0 Å². The maximum absolute atomic E-state index is 13.1. The number of rotatable bonds is 7. The molecule has 0 aromatic heterocycles. The Morgan fingerprint density at radius 3 is 2.68 bits per heavy atom. The number of carbonyl (C=O) groups is 1. The van der Waals surface area contributed by atoms with E-state index in [1.807, 2.05) is 0 Å². The van der Waals surface area contributed by atoms with Gasteiger partial charge in [-0.05, 0) is 69.1 Å². The van der Waals surface area contributed by atoms with Crippen molar-refractivity contribution < 1.29 is 9.53 Å². The first kappa shape index (κ1) is 23.5. The molecule has 4 unspecified atom stereocenters. The Morgan fingerprint density at radius 1 is 1.05 bits per heavy atom. The molecule has 1 spiro atoms. The minimum Gasteiger partial charge on any atom is -0.381 e. The number of amides is 1. The van der Waals surface area contributed by atoms with Gasteiger partial charge in [0.15, 0.2) is 0 Å². The van der Waals surface area contributed by atoms with Crippen molar-refractivity contribution in [2.75, 3.05) is 24.7 Å². The van der Waals surface area contributed by atoms with Crippen LogP contribution in [0.3, 0.4) is 0 Å². The van der Waals surface area contributed by atoms with Gasteiger partial charge in [0.25, 0.3) is 0 Å². The maximum Gasteiger partial charge on any atom is 0.223 e. The average Bonchev–Trinajstić information content (AvgIpc) is 3.45. The van der Waals surface area contributed by atoms with Crippen molar-refractivity contribution in [2.45, 2.75) is 76.0 Å². The lowest BCUT2D eigenvalue weighted by atomic mass is 9.89. The summed E-state index contributed by atoms with van der Waals surface area (Å²) >= 11 is 0. The van der Waals surface area contributed by atoms with E-state index in [0.29, 0.717) is 30.7 Å². The molecule has 2 aromatic rings. The summed E-state index contributed by atoms with van der Waals surface area (Å²) in [7, 11) is 0. The first-order valence-corrected chi connectivity index (χ1v) is 14.4. The standard InChI is InChI=1S/C32H39N3O2/c1-22-11-12-24-9-5-6-10-28(24)35(22)26-19-29-32(20-26)21-30(32)34(29)16-13-27(23-7-3-2-4-8-23)33-31(36)25-14-17-37-18-15-25/h2-11,25-27,29-30H,12-21H2,1H3,(H,33,36)/t26?,27-,29?,30?,32?/m0/s1. The predicted molar refractivity (Wildman–Crippen MR) is 146 cm³/mol. The highest BCUT2D eigenvalue weighted by Crippen LogP contribution is 2.71. The van der Waals surface area contributed by atoms with E-state index in [9.17, 15) is 4.79 Å². The molecule has 194 valence electrons. The van der Waals surface area contributed by atoms with Gasteiger partial charge in [-0.25, -0.2) is 0 Å². The second kappa shape index (κ2) is 9.28. The number of para-hydroxylation sites is 1. The van der Waals surface area contributed by atoms with E-state index in [1.165, 1.54) is 41.8 Å². The van der Waals surface area contributed by atoms with Crippen molar-refractivity contribution in [1.82, 2.24) is 10.2 Å². The summed E-state index contributed by atoms with van der Waals surface area (Å²) in [6.07, 6.45) is 10.0. The molecule has 3 heterocycles. The summed E-state index contributed by atoms with van der Waals surface area (Å²) in [5.41, 5.74) is 6.07. The van der Waals surface area contributed by atoms with Crippen LogP contribution in [0.5, 0.6) is 0 Å². The van der Waals surface area contributed by atoms with Gasteiger partial charge in [0, 0.05) is 60.6 Å². The van der Waals surface area contributed by atoms with E-state index in [2.05, 4.69) is 82.7 Å². The smallest absolute Gasteiger partial charge is 0.223 e. The molecule has 0 radical (unpaired) electrons. The summed E-state index contributed by atoms with van der Waals surface area (Å²) in [6, 6.07) is 21.6. The summed E-state index contributed by atoms with van der Waals surface area (Å²) in [6.45, 7) is 4.75. The molecule has 1 N–H and O–H groups in total. The first-order valence-electron chi connectivity index (χ1n) is 14.4. The van der Waals surface area contributed by atoms with Gasteiger partial charge in [-0.1, -0.05) is 54.6 Å². The van der Waals surface area contributed by atoms with Crippen molar-refractivity contribution >= 4 is 11.6 Å². The Morgan fingerprint density at radius 2 is 1.84 bits per heavy atom. The average molecular weight is 498 g/mol. The Labute approximate surface area is 220 Å². The molecule has 2 saturated heterocycles. The normalized spacial score (nSPS) is 31.4. The molecule has 4 fully saturated rings. The van der Waals surface area contributed by atoms with E-state index in [1.54, 1.807) is 0 Å². The number of hydrogen-bond acceptors (Lipinski definition) is 4. The summed E-state index contributed by atoms with van der Waals surface area (Å²) < 4.78 is 5.48. The van der Waals surface area contributed by atoms with Crippen LogP contribution >= 0.6 is 0 Å². The summed E-state index contributed by atoms with van der Waals surface area (Å²) in [5, 5.41) is 3.43. The number of carbonyl (C=O) groups excluding carboxylic acids is 1. The molecule has 1 amide bonds. The van der Waals surface area contributed by atoms with Gasteiger partial charge in [-0.3, -0.25) is 9.69 Å². The lowest BCUT2D eigenvalue weighted by Gasteiger charge is -2.44. The lowest BCUT2D eigenvalue weighted by molar-refractivity contribution is -0.128. The molecule has 0 bridgehead atoms. The minimum atomic E-state index is 0.0710. The van der Waals surface area contributed by atoms with E-state index >= 15 is 0 Å². The topological polar surface area (TPSA) is 44.8 Å². The second-order valence-corrected chi connectivity index (χ2v) is 12.0. The second-order valence-electron chi connectivity index (χ2n) is 12.0. The van der Waals surface area contributed by atoms with Crippen LogP contribution in [0.25, 0.3) is 0 Å². The number of nitrogens with zero attached hydrogens (tertiary/aromatic N) is 2. The highest BCUT2D eigenvalue weighted by atomic mass is 16.5. The number of nitrogens with one attached hydrogen (secondary N) is 1. The Balaban J connectivity index is 1.03. The van der Waals surface area contributed by atoms with Crippen molar-refractivity contribution in [3.8, 4) is 0 Å². The van der Waals surface area contributed by atoms with Crippen LogP contribution in [0.4, 0.5) is 5.69 Å². The van der Waals surface area contributed by atoms with Gasteiger partial charge in [0.2, 0.25) is 5.91 Å². The number of allylic oxidation sites excluding steroid dienone is 2. The zero-order valence-corrected chi connectivity index (χ0v) is 21.9. The minimum absolute atomic E-state index is 0.0710. The Hall–Kier alpha value is -2.63. The number of hydrogen-bond donors (Lipinski definition) is 1. The maximum atomic E-state index is 13.1. The molecule has 7 rings (SSSR count). The molecule has 2 aromatic carbocycles. The van der Waals surface area contributed by atoms with Gasteiger partial charge in [0.05, 0.1) is 6.04 Å². The monoisotopic (exact) mass is 497 g/mol. The highest BCUT2D eigenvalue weighted by molar-refractivity contribution is 5.79. The molecule has 2 aliphatic carbocycles. The molecule has 5 aliphatic rings. The molecule has 5 nitrogen and oxygen atoms in total. The van der Waals surface area contributed by atoms with Gasteiger partial charge in [-0.15, -0.1) is 0 Å². The van der Waals surface area contributed by atoms with Crippen LogP contribution in [0.1, 0.15) is 62.6 Å². The fourth-order valence-corrected chi connectivity index (χ4v) is 8.07. The van der Waals surface area contributed by atoms with Crippen molar-refractivity contribution in [2.24, 2.45) is 11.3 Å². The van der Waals surface area contributed by atoms with E-state index in [0.717, 1.165) is 38.3 Å². The van der Waals surface area contributed by atoms with Crippen LogP contribution in [0.15, 0.2) is 66.4 Å². The summed E-state index contributed by atoms with van der Waals surface area (Å²) in [4.78, 5) is 18.6. The quantitative estimate of drug-likeness (QED) is 0.569. The van der Waals surface area contributed by atoms with Gasteiger partial charge < -0.3 is 15.0 Å². The zero-order chi connectivity index (χ0) is 25.0. The molecule has 37 heavy (non-hydrogen) atoms. The van der Waals surface area contributed by atoms with Crippen molar-refractivity contribution in [1.29, 1.82) is 0 Å². The van der Waals surface area contributed by atoms with Crippen LogP contribution in [0.2, 0.25) is 0 Å². The van der Waals surface area contributed by atoms with Crippen LogP contribution in [-0.2, 0) is 16.0 Å². The fourth-order valence-electron chi connectivity index (χ4n) is 8.07. The van der Waals surface area contributed by atoms with Crippen LogP contribution in [-0.4, -0.2) is 48.7 Å². The van der Waals surface area contributed by atoms with E-state index < -0.39 is 0 Å².